The molecular formula is C59H82O19. The molecule has 13 bridgehead atoms. The largest absolute Gasteiger partial charge is 0.459 e. The van der Waals surface area contributed by atoms with Crippen LogP contribution in [0.3, 0.4) is 0 Å². The Hall–Kier alpha value is -1.73. The maximum Gasteiger partial charge on any atom is 0.308 e. The van der Waals surface area contributed by atoms with Crippen molar-refractivity contribution < 1.29 is 91.2 Å². The first-order valence-electron chi connectivity index (χ1n) is 30.4. The number of rotatable bonds is 4. The van der Waals surface area contributed by atoms with Gasteiger partial charge in [0.25, 0.3) is 0 Å². The molecule has 0 radical (unpaired) electrons. The van der Waals surface area contributed by atoms with Gasteiger partial charge < -0.3 is 86.4 Å². The van der Waals surface area contributed by atoms with E-state index < -0.39 is 78.9 Å². The minimum Gasteiger partial charge on any atom is -0.459 e. The molecule has 432 valence electrons. The highest BCUT2D eigenvalue weighted by Gasteiger charge is 2.72. The molecule has 17 fully saturated rings. The van der Waals surface area contributed by atoms with Crippen molar-refractivity contribution in [3.05, 3.63) is 24.3 Å². The van der Waals surface area contributed by atoms with Crippen molar-refractivity contribution in [1.82, 2.24) is 0 Å². The third kappa shape index (κ3) is 8.29. The van der Waals surface area contributed by atoms with Gasteiger partial charge in [0.2, 0.25) is 0 Å². The standard InChI is InChI=1S/C59H82O19/c1-24-10-32-13-34-33-12-30(6-8-36(24)65-32)64-38(27(33)4)15-41-51(72-47(63)14-31-7-9-37-52(66-31)56-55-54(68-37)53-45(71-55)22-59(34,77-53)78-56)28(5)50-42(67-41)17-40-44(70-50)20-58(73-40)21-46-49(76-58)26(3)19-57(75-46)18-25(2)48-43(74-57)16-39(69-48)35(62)11-29(61)23-60/h25-26,28-46,48-56,60-62H,1,4,6-23H2,2-3,5H3/t25-,26-,28-,29+,30-,31+,32+,33+,34?,35-,36-,37-,38+,39-,40+,41-,42-,43-,44+,45+,46-,48-,49-,50-,51+,52-,53+,54?,55+,56-,57+,58-,59+/m0/s1. The fourth-order valence-corrected chi connectivity index (χ4v) is 19.0. The molecule has 3 N–H and O–H groups in total. The van der Waals surface area contributed by atoms with Gasteiger partial charge in [0.1, 0.15) is 36.6 Å². The van der Waals surface area contributed by atoms with Crippen molar-refractivity contribution in [3.8, 4) is 0 Å². The van der Waals surface area contributed by atoms with E-state index in [1.165, 1.54) is 0 Å². The van der Waals surface area contributed by atoms with Crippen LogP contribution in [-0.2, 0) is 75.8 Å². The maximum absolute atomic E-state index is 14.5. The average Bonchev–Trinajstić information content (AvgIpc) is 4.20. The molecule has 0 aromatic rings. The molecule has 17 aliphatic rings. The van der Waals surface area contributed by atoms with Crippen LogP contribution in [0, 0.1) is 29.6 Å². The van der Waals surface area contributed by atoms with Crippen molar-refractivity contribution in [1.29, 1.82) is 0 Å². The Morgan fingerprint density at radius 1 is 0.526 bits per heavy atom. The van der Waals surface area contributed by atoms with E-state index >= 15 is 0 Å². The Labute approximate surface area is 456 Å². The van der Waals surface area contributed by atoms with Crippen LogP contribution in [0.2, 0.25) is 0 Å². The molecule has 0 aromatic heterocycles. The first-order valence-corrected chi connectivity index (χ1v) is 30.4. The third-order valence-electron chi connectivity index (χ3n) is 22.3. The molecule has 33 atom stereocenters. The van der Waals surface area contributed by atoms with Gasteiger partial charge in [-0.05, 0) is 73.8 Å². The number of esters is 1. The first kappa shape index (κ1) is 51.9. The lowest BCUT2D eigenvalue weighted by Gasteiger charge is -2.52. The van der Waals surface area contributed by atoms with Gasteiger partial charge in [-0.3, -0.25) is 4.79 Å². The highest BCUT2D eigenvalue weighted by molar-refractivity contribution is 5.70. The highest BCUT2D eigenvalue weighted by Crippen LogP contribution is 2.61. The second kappa shape index (κ2) is 18.9. The van der Waals surface area contributed by atoms with E-state index in [0.717, 1.165) is 43.3 Å². The summed E-state index contributed by atoms with van der Waals surface area (Å²) in [5.74, 6) is -3.31. The molecule has 0 aliphatic carbocycles. The second-order valence-corrected chi connectivity index (χ2v) is 27.5. The average molecular weight is 1100 g/mol. The summed E-state index contributed by atoms with van der Waals surface area (Å²) in [5.41, 5.74) is 2.12. The molecule has 17 rings (SSSR count). The molecule has 3 spiro atoms. The summed E-state index contributed by atoms with van der Waals surface area (Å²) in [5, 5.41) is 30.4. The van der Waals surface area contributed by atoms with Gasteiger partial charge in [0.05, 0.1) is 129 Å². The molecule has 19 nitrogen and oxygen atoms in total. The predicted molar refractivity (Wildman–Crippen MR) is 267 cm³/mol. The summed E-state index contributed by atoms with van der Waals surface area (Å²) in [7, 11) is 0. The fourth-order valence-electron chi connectivity index (χ4n) is 19.0. The van der Waals surface area contributed by atoms with Gasteiger partial charge in [-0.2, -0.15) is 0 Å². The monoisotopic (exact) mass is 1090 g/mol. The second-order valence-electron chi connectivity index (χ2n) is 27.5. The minimum atomic E-state index is -1.02. The molecule has 78 heavy (non-hydrogen) atoms. The zero-order chi connectivity index (χ0) is 52.9. The van der Waals surface area contributed by atoms with E-state index in [4.69, 9.17) is 77.6 Å². The summed E-state index contributed by atoms with van der Waals surface area (Å²) in [6.45, 7) is 15.5. The van der Waals surface area contributed by atoms with Gasteiger partial charge in [-0.25, -0.2) is 0 Å². The minimum absolute atomic E-state index is 0.0324. The van der Waals surface area contributed by atoms with E-state index in [-0.39, 0.29) is 146 Å². The van der Waals surface area contributed by atoms with E-state index in [9.17, 15) is 20.1 Å². The van der Waals surface area contributed by atoms with E-state index in [2.05, 4.69) is 27.4 Å². The summed E-state index contributed by atoms with van der Waals surface area (Å²) in [4.78, 5) is 14.5. The normalized spacial score (nSPS) is 59.0. The molecule has 19 heteroatoms. The smallest absolute Gasteiger partial charge is 0.308 e. The number of fused-ring (bicyclic) bond motifs is 10. The summed E-state index contributed by atoms with van der Waals surface area (Å²) in [6, 6.07) is 0. The van der Waals surface area contributed by atoms with Crippen LogP contribution >= 0.6 is 0 Å². The number of aliphatic hydroxyl groups is 3. The quantitative estimate of drug-likeness (QED) is 0.266. The first-order chi connectivity index (χ1) is 37.6. The lowest BCUT2D eigenvalue weighted by molar-refractivity contribution is -0.347. The number of aliphatic hydroxyl groups excluding tert-OH is 3. The topological polar surface area (TPSA) is 216 Å². The number of hydrogen-bond acceptors (Lipinski definition) is 19. The van der Waals surface area contributed by atoms with Gasteiger partial charge in [0.15, 0.2) is 17.4 Å². The van der Waals surface area contributed by atoms with Crippen molar-refractivity contribution in [2.45, 2.75) is 300 Å². The van der Waals surface area contributed by atoms with Crippen LogP contribution < -0.4 is 0 Å². The number of carbonyl (C=O) groups excluding carboxylic acids is 1. The molecule has 0 amide bonds. The van der Waals surface area contributed by atoms with Crippen LogP contribution in [-0.4, -0.2) is 198 Å². The predicted octanol–water partition coefficient (Wildman–Crippen LogP) is 4.15. The van der Waals surface area contributed by atoms with Gasteiger partial charge in [-0.1, -0.05) is 33.9 Å². The summed E-state index contributed by atoms with van der Waals surface area (Å²) >= 11 is 0. The summed E-state index contributed by atoms with van der Waals surface area (Å²) in [6.07, 6.45) is 0.803. The van der Waals surface area contributed by atoms with Crippen LogP contribution in [0.4, 0.5) is 0 Å². The number of carbonyl (C=O) groups is 1. The molecule has 0 aromatic carbocycles. The van der Waals surface area contributed by atoms with Gasteiger partial charge >= 0.3 is 5.97 Å². The van der Waals surface area contributed by atoms with E-state index in [1.807, 2.05) is 0 Å². The Kier molecular flexibility index (Phi) is 12.6. The van der Waals surface area contributed by atoms with Crippen LogP contribution in [0.5, 0.6) is 0 Å². The van der Waals surface area contributed by atoms with Gasteiger partial charge in [0, 0.05) is 69.6 Å². The Bertz CT molecular complexity index is 2380. The molecule has 2 unspecified atom stereocenters. The van der Waals surface area contributed by atoms with Crippen molar-refractivity contribution >= 4 is 5.97 Å². The van der Waals surface area contributed by atoms with Crippen molar-refractivity contribution in [2.75, 3.05) is 6.61 Å². The lowest BCUT2D eigenvalue weighted by Crippen LogP contribution is -2.63. The number of ether oxygens (including phenoxy) is 15. The third-order valence-corrected chi connectivity index (χ3v) is 22.3. The van der Waals surface area contributed by atoms with Crippen LogP contribution in [0.15, 0.2) is 24.3 Å². The van der Waals surface area contributed by atoms with Crippen molar-refractivity contribution in [3.63, 3.8) is 0 Å². The van der Waals surface area contributed by atoms with Gasteiger partial charge in [-0.15, -0.1) is 0 Å². The Morgan fingerprint density at radius 2 is 1.24 bits per heavy atom. The van der Waals surface area contributed by atoms with E-state index in [0.29, 0.717) is 64.2 Å². The molecule has 17 aliphatic heterocycles. The Balaban J connectivity index is 0.662. The molecule has 17 saturated heterocycles. The zero-order valence-corrected chi connectivity index (χ0v) is 45.3. The maximum atomic E-state index is 14.5. The van der Waals surface area contributed by atoms with Crippen LogP contribution in [0.1, 0.15) is 130 Å². The fraction of sp³-hybridized carbons (Fsp3) is 0.915. The molecular weight excluding hydrogens is 1010 g/mol. The van der Waals surface area contributed by atoms with Crippen LogP contribution in [0.25, 0.3) is 0 Å². The SMILES string of the molecule is C=C1C[C@@H]2CC3[C@@H]4C[C@H](CC[C@@H]1O2)O[C@H](C[C@@H]1O[C@H]2C[C@H]5O[C@@]6(C[C@@H]7O[C@]8(C[C@H](C)[C@@H]9O[C@H]([C@@H](O)C[C@@H](O)CO)C[C@@H]9O8)C[C@H](C)[C@@H]7O6)C[C@H]5O[C@H]2[C@H](C)[C@H]1OC(=O)C[C@H]1CC[C@@H]2OC5[C@H]6O[C@@H]7C[C@]3(O[C@H]6[C@H]2O1)O[C@@H]57)C4=C. The number of hydrogen-bond donors (Lipinski definition) is 3. The highest BCUT2D eigenvalue weighted by atomic mass is 16.8. The van der Waals surface area contributed by atoms with E-state index in [1.54, 1.807) is 0 Å². The van der Waals surface area contributed by atoms with Crippen molar-refractivity contribution in [2.24, 2.45) is 29.6 Å². The lowest BCUT2D eigenvalue weighted by atomic mass is 9.69. The molecule has 17 heterocycles. The summed E-state index contributed by atoms with van der Waals surface area (Å²) < 4.78 is 105. The molecule has 0 saturated carbocycles. The zero-order valence-electron chi connectivity index (χ0n) is 45.3. The Morgan fingerprint density at radius 3 is 2.10 bits per heavy atom.